The molecule has 1 N–H and O–H groups in total. The normalized spacial score (nSPS) is 20.3. The number of carbonyl (C=O) groups excluding carboxylic acids is 2. The topological polar surface area (TPSA) is 70.5 Å². The van der Waals surface area contributed by atoms with Gasteiger partial charge in [-0.15, -0.1) is 0 Å². The standard InChI is InChI=1S/C19H25N5O2S/c1-20-18(25)15-3-2-5-24-16(11-21-17(15)24)19(26)23-8-6-22(7-9-23)12-14-4-10-27-13-14/h4,10-11,13,15H,2-3,5-9,12H2,1H3,(H,20,25). The Kier molecular flexibility index (Phi) is 5.27. The third-order valence-corrected chi connectivity index (χ3v) is 6.23. The van der Waals surface area contributed by atoms with Crippen molar-refractivity contribution in [3.8, 4) is 0 Å². The lowest BCUT2D eigenvalue weighted by atomic mass is 9.98. The first-order valence-corrected chi connectivity index (χ1v) is 10.4. The molecule has 4 rings (SSSR count). The summed E-state index contributed by atoms with van der Waals surface area (Å²) in [6.45, 7) is 4.90. The predicted molar refractivity (Wildman–Crippen MR) is 104 cm³/mol. The molecule has 2 aromatic heterocycles. The Morgan fingerprint density at radius 1 is 1.26 bits per heavy atom. The molecule has 0 aromatic carbocycles. The Bertz CT molecular complexity index is 808. The van der Waals surface area contributed by atoms with Crippen LogP contribution in [0.1, 0.15) is 40.6 Å². The van der Waals surface area contributed by atoms with Gasteiger partial charge in [0.25, 0.3) is 5.91 Å². The fraction of sp³-hybridized carbons (Fsp3) is 0.526. The van der Waals surface area contributed by atoms with E-state index in [4.69, 9.17) is 0 Å². The highest BCUT2D eigenvalue weighted by molar-refractivity contribution is 7.07. The van der Waals surface area contributed by atoms with Gasteiger partial charge in [0.15, 0.2) is 0 Å². The Labute approximate surface area is 163 Å². The molecule has 0 bridgehead atoms. The molecule has 0 radical (unpaired) electrons. The zero-order valence-corrected chi connectivity index (χ0v) is 16.4. The van der Waals surface area contributed by atoms with Crippen LogP contribution in [0.4, 0.5) is 0 Å². The van der Waals surface area contributed by atoms with Gasteiger partial charge in [-0.1, -0.05) is 0 Å². The Morgan fingerprint density at radius 3 is 2.78 bits per heavy atom. The van der Waals surface area contributed by atoms with Crippen LogP contribution in [0, 0.1) is 0 Å². The zero-order valence-electron chi connectivity index (χ0n) is 15.6. The van der Waals surface area contributed by atoms with Gasteiger partial charge in [0, 0.05) is 46.3 Å². The molecule has 1 atom stereocenters. The molecule has 4 heterocycles. The van der Waals surface area contributed by atoms with E-state index in [0.717, 1.165) is 57.9 Å². The van der Waals surface area contributed by atoms with E-state index in [9.17, 15) is 9.59 Å². The third-order valence-electron chi connectivity index (χ3n) is 5.50. The molecule has 7 nitrogen and oxygen atoms in total. The monoisotopic (exact) mass is 387 g/mol. The summed E-state index contributed by atoms with van der Waals surface area (Å²) in [7, 11) is 1.64. The minimum absolute atomic E-state index is 0.0254. The number of amides is 2. The van der Waals surface area contributed by atoms with E-state index in [1.807, 2.05) is 9.47 Å². The summed E-state index contributed by atoms with van der Waals surface area (Å²) < 4.78 is 1.95. The smallest absolute Gasteiger partial charge is 0.272 e. The van der Waals surface area contributed by atoms with Gasteiger partial charge in [-0.25, -0.2) is 4.98 Å². The molecule has 1 fully saturated rings. The maximum absolute atomic E-state index is 13.1. The molecule has 144 valence electrons. The highest BCUT2D eigenvalue weighted by Crippen LogP contribution is 2.28. The van der Waals surface area contributed by atoms with Gasteiger partial charge in [-0.05, 0) is 35.2 Å². The lowest BCUT2D eigenvalue weighted by Crippen LogP contribution is -2.48. The first-order chi connectivity index (χ1) is 13.2. The summed E-state index contributed by atoms with van der Waals surface area (Å²) in [6, 6.07) is 2.16. The number of imidazole rings is 1. The van der Waals surface area contributed by atoms with Gasteiger partial charge in [-0.3, -0.25) is 14.5 Å². The highest BCUT2D eigenvalue weighted by atomic mass is 32.1. The quantitative estimate of drug-likeness (QED) is 0.864. The first-order valence-electron chi connectivity index (χ1n) is 9.47. The van der Waals surface area contributed by atoms with Crippen molar-refractivity contribution in [2.75, 3.05) is 33.2 Å². The van der Waals surface area contributed by atoms with Crippen LogP contribution in [0.15, 0.2) is 23.0 Å². The van der Waals surface area contributed by atoms with Crippen LogP contribution >= 0.6 is 11.3 Å². The van der Waals surface area contributed by atoms with Crippen molar-refractivity contribution >= 4 is 23.2 Å². The maximum atomic E-state index is 13.1. The molecule has 27 heavy (non-hydrogen) atoms. The van der Waals surface area contributed by atoms with Crippen LogP contribution in [-0.2, 0) is 17.9 Å². The van der Waals surface area contributed by atoms with Crippen molar-refractivity contribution in [2.24, 2.45) is 0 Å². The molecule has 2 aromatic rings. The largest absolute Gasteiger partial charge is 0.359 e. The van der Waals surface area contributed by atoms with Crippen molar-refractivity contribution in [3.63, 3.8) is 0 Å². The van der Waals surface area contributed by atoms with Crippen LogP contribution in [0.5, 0.6) is 0 Å². The SMILES string of the molecule is CNC(=O)C1CCCn2c(C(=O)N3CCN(Cc4ccsc4)CC3)cnc21. The average molecular weight is 388 g/mol. The number of hydrogen-bond acceptors (Lipinski definition) is 5. The molecule has 1 saturated heterocycles. The summed E-state index contributed by atoms with van der Waals surface area (Å²) in [5, 5.41) is 6.99. The molecule has 8 heteroatoms. The average Bonchev–Trinajstić information content (AvgIpc) is 3.37. The van der Waals surface area contributed by atoms with Gasteiger partial charge in [-0.2, -0.15) is 11.3 Å². The van der Waals surface area contributed by atoms with Crippen molar-refractivity contribution in [1.29, 1.82) is 0 Å². The molecule has 0 saturated carbocycles. The number of likely N-dealkylation sites (N-methyl/N-ethyl adjacent to an activating group) is 1. The number of hydrogen-bond donors (Lipinski definition) is 1. The van der Waals surface area contributed by atoms with E-state index in [1.165, 1.54) is 5.56 Å². The van der Waals surface area contributed by atoms with Crippen LogP contribution in [0.25, 0.3) is 0 Å². The second-order valence-electron chi connectivity index (χ2n) is 7.16. The van der Waals surface area contributed by atoms with Gasteiger partial charge < -0.3 is 14.8 Å². The number of piperazine rings is 1. The van der Waals surface area contributed by atoms with Crippen molar-refractivity contribution in [3.05, 3.63) is 40.1 Å². The van der Waals surface area contributed by atoms with E-state index >= 15 is 0 Å². The first kappa shape index (κ1) is 18.2. The number of thiophene rings is 1. The number of nitrogens with one attached hydrogen (secondary N) is 1. The molecule has 0 spiro atoms. The van der Waals surface area contributed by atoms with E-state index in [1.54, 1.807) is 24.6 Å². The fourth-order valence-electron chi connectivity index (χ4n) is 3.99. The number of rotatable bonds is 4. The second kappa shape index (κ2) is 7.82. The molecule has 2 aliphatic rings. The highest BCUT2D eigenvalue weighted by Gasteiger charge is 2.32. The van der Waals surface area contributed by atoms with Crippen LogP contribution in [0.2, 0.25) is 0 Å². The number of fused-ring (bicyclic) bond motifs is 1. The molecule has 2 amide bonds. The summed E-state index contributed by atoms with van der Waals surface area (Å²) >= 11 is 1.72. The Hall–Kier alpha value is -2.19. The zero-order chi connectivity index (χ0) is 18.8. The molecular weight excluding hydrogens is 362 g/mol. The molecule has 1 unspecified atom stereocenters. The van der Waals surface area contributed by atoms with E-state index in [2.05, 4.69) is 32.0 Å². The van der Waals surface area contributed by atoms with Crippen molar-refractivity contribution < 1.29 is 9.59 Å². The Balaban J connectivity index is 1.42. The van der Waals surface area contributed by atoms with Gasteiger partial charge in [0.05, 0.1) is 12.1 Å². The predicted octanol–water partition coefficient (Wildman–Crippen LogP) is 1.53. The van der Waals surface area contributed by atoms with E-state index < -0.39 is 0 Å². The van der Waals surface area contributed by atoms with Gasteiger partial charge >= 0.3 is 0 Å². The lowest BCUT2D eigenvalue weighted by Gasteiger charge is -2.35. The summed E-state index contributed by atoms with van der Waals surface area (Å²) in [5.41, 5.74) is 1.95. The Morgan fingerprint density at radius 2 is 2.07 bits per heavy atom. The van der Waals surface area contributed by atoms with Crippen LogP contribution < -0.4 is 5.32 Å². The molecule has 2 aliphatic heterocycles. The number of carbonyl (C=O) groups is 2. The molecule has 0 aliphatic carbocycles. The minimum Gasteiger partial charge on any atom is -0.359 e. The van der Waals surface area contributed by atoms with Crippen LogP contribution in [0.3, 0.4) is 0 Å². The summed E-state index contributed by atoms with van der Waals surface area (Å²) in [6.07, 6.45) is 3.32. The van der Waals surface area contributed by atoms with Gasteiger partial charge in [0.1, 0.15) is 11.5 Å². The number of aromatic nitrogens is 2. The van der Waals surface area contributed by atoms with E-state index in [-0.39, 0.29) is 17.7 Å². The molecular formula is C19H25N5O2S. The minimum atomic E-state index is -0.257. The van der Waals surface area contributed by atoms with Crippen molar-refractivity contribution in [1.82, 2.24) is 24.7 Å². The second-order valence-corrected chi connectivity index (χ2v) is 7.94. The third kappa shape index (κ3) is 3.64. The van der Waals surface area contributed by atoms with E-state index in [0.29, 0.717) is 5.69 Å². The summed E-state index contributed by atoms with van der Waals surface area (Å²) in [4.78, 5) is 33.9. The van der Waals surface area contributed by atoms with Gasteiger partial charge in [0.2, 0.25) is 5.91 Å². The maximum Gasteiger partial charge on any atom is 0.272 e. The fourth-order valence-corrected chi connectivity index (χ4v) is 4.65. The lowest BCUT2D eigenvalue weighted by molar-refractivity contribution is -0.122. The number of nitrogens with zero attached hydrogens (tertiary/aromatic N) is 4. The summed E-state index contributed by atoms with van der Waals surface area (Å²) in [5.74, 6) is 0.469. The van der Waals surface area contributed by atoms with Crippen LogP contribution in [-0.4, -0.2) is 64.4 Å². The van der Waals surface area contributed by atoms with Crippen molar-refractivity contribution in [2.45, 2.75) is 31.8 Å².